The summed E-state index contributed by atoms with van der Waals surface area (Å²) in [5.74, 6) is -0.433. The summed E-state index contributed by atoms with van der Waals surface area (Å²) in [7, 11) is 3.12. The molecule has 2 N–H and O–H groups in total. The van der Waals surface area contributed by atoms with E-state index in [1.54, 1.807) is 70.5 Å². The zero-order valence-corrected chi connectivity index (χ0v) is 17.7. The Bertz CT molecular complexity index is 1190. The van der Waals surface area contributed by atoms with Crippen molar-refractivity contribution in [2.45, 2.75) is 19.9 Å². The van der Waals surface area contributed by atoms with Gasteiger partial charge in [-0.2, -0.15) is 0 Å². The van der Waals surface area contributed by atoms with E-state index in [0.29, 0.717) is 28.1 Å². The number of aromatic nitrogens is 2. The van der Waals surface area contributed by atoms with E-state index in [-0.39, 0.29) is 17.3 Å². The fourth-order valence-electron chi connectivity index (χ4n) is 3.70. The predicted molar refractivity (Wildman–Crippen MR) is 115 cm³/mol. The van der Waals surface area contributed by atoms with Gasteiger partial charge >= 0.3 is 0 Å². The van der Waals surface area contributed by atoms with E-state index >= 15 is 0 Å². The van der Waals surface area contributed by atoms with Crippen LogP contribution in [0.2, 0.25) is 0 Å². The van der Waals surface area contributed by atoms with Crippen molar-refractivity contribution in [3.05, 3.63) is 59.4 Å². The highest BCUT2D eigenvalue weighted by Gasteiger charge is 2.46. The molecule has 1 aromatic heterocycles. The smallest absolute Gasteiger partial charge is 0.296 e. The number of Topliss-reactive ketones (excluding diaryl/α,β-unsaturated/α-hetero) is 1. The van der Waals surface area contributed by atoms with Gasteiger partial charge in [-0.15, -0.1) is 0 Å². The van der Waals surface area contributed by atoms with Crippen LogP contribution in [0.25, 0.3) is 11.0 Å². The second-order valence-electron chi connectivity index (χ2n) is 7.58. The predicted octanol–water partition coefficient (Wildman–Crippen LogP) is 3.71. The van der Waals surface area contributed by atoms with E-state index in [4.69, 9.17) is 9.47 Å². The molecule has 8 nitrogen and oxygen atoms in total. The molecule has 3 aromatic rings. The van der Waals surface area contributed by atoms with Crippen molar-refractivity contribution in [2.75, 3.05) is 19.1 Å². The highest BCUT2D eigenvalue weighted by molar-refractivity contribution is 6.16. The average Bonchev–Trinajstić information content (AvgIpc) is 3.31. The molecular formula is C23H23N3O5. The Kier molecular flexibility index (Phi) is 5.14. The fraction of sp³-hybridized carbons (Fsp3) is 0.261. The molecule has 0 aliphatic carbocycles. The number of nitrogens with zero attached hydrogens (tertiary/aromatic N) is 2. The molecule has 0 bridgehead atoms. The lowest BCUT2D eigenvalue weighted by atomic mass is 9.91. The number of ketones is 1. The van der Waals surface area contributed by atoms with Crippen LogP contribution in [0.3, 0.4) is 0 Å². The van der Waals surface area contributed by atoms with E-state index in [9.17, 15) is 14.7 Å². The van der Waals surface area contributed by atoms with Gasteiger partial charge in [0.05, 0.1) is 36.9 Å². The van der Waals surface area contributed by atoms with Crippen molar-refractivity contribution < 1.29 is 24.2 Å². The Labute approximate surface area is 179 Å². The highest BCUT2D eigenvalue weighted by Crippen LogP contribution is 2.41. The van der Waals surface area contributed by atoms with Crippen LogP contribution < -0.4 is 14.4 Å². The summed E-state index contributed by atoms with van der Waals surface area (Å²) < 4.78 is 10.5. The van der Waals surface area contributed by atoms with Crippen molar-refractivity contribution in [1.29, 1.82) is 0 Å². The molecule has 0 fully saturated rings. The van der Waals surface area contributed by atoms with Crippen LogP contribution in [-0.2, 0) is 9.59 Å². The van der Waals surface area contributed by atoms with Gasteiger partial charge in [-0.3, -0.25) is 14.5 Å². The minimum atomic E-state index is -0.823. The number of fused-ring (bicyclic) bond motifs is 1. The van der Waals surface area contributed by atoms with Gasteiger partial charge in [0.15, 0.2) is 11.5 Å². The fourth-order valence-corrected chi connectivity index (χ4v) is 3.70. The summed E-state index contributed by atoms with van der Waals surface area (Å²) in [5, 5.41) is 10.7. The lowest BCUT2D eigenvalue weighted by Gasteiger charge is -2.25. The van der Waals surface area contributed by atoms with Crippen LogP contribution >= 0.6 is 0 Å². The minimum absolute atomic E-state index is 0.0585. The molecular weight excluding hydrogens is 398 g/mol. The maximum atomic E-state index is 13.1. The number of H-pyrrole nitrogens is 1. The van der Waals surface area contributed by atoms with Crippen LogP contribution in [-0.4, -0.2) is 41.0 Å². The van der Waals surface area contributed by atoms with Gasteiger partial charge in [-0.05, 0) is 29.8 Å². The second kappa shape index (κ2) is 7.79. The van der Waals surface area contributed by atoms with Crippen LogP contribution in [0.15, 0.2) is 53.8 Å². The number of anilines is 1. The third-order valence-corrected chi connectivity index (χ3v) is 5.33. The summed E-state index contributed by atoms with van der Waals surface area (Å²) in [6.07, 6.45) is 0. The lowest BCUT2D eigenvalue weighted by molar-refractivity contribution is -0.119. The molecule has 0 saturated carbocycles. The maximum absolute atomic E-state index is 13.1. The Morgan fingerprint density at radius 1 is 1.10 bits per heavy atom. The molecule has 8 heteroatoms. The SMILES string of the molecule is COc1ccc(C2C(C(=O)C(C)C)=C(O)C(=O)N2c2nc3ccc(OC)cc3[nH]2)cc1. The molecule has 2 aromatic carbocycles. The Morgan fingerprint density at radius 3 is 2.35 bits per heavy atom. The summed E-state index contributed by atoms with van der Waals surface area (Å²) >= 11 is 0. The van der Waals surface area contributed by atoms with Gasteiger partial charge < -0.3 is 19.6 Å². The largest absolute Gasteiger partial charge is 0.503 e. The van der Waals surface area contributed by atoms with Gasteiger partial charge in [0.2, 0.25) is 5.95 Å². The highest BCUT2D eigenvalue weighted by atomic mass is 16.5. The summed E-state index contributed by atoms with van der Waals surface area (Å²) in [4.78, 5) is 35.0. The molecule has 1 amide bonds. The molecule has 160 valence electrons. The molecule has 4 rings (SSSR count). The van der Waals surface area contributed by atoms with Gasteiger partial charge in [-0.1, -0.05) is 26.0 Å². The number of carbonyl (C=O) groups is 2. The molecule has 1 atom stereocenters. The lowest BCUT2D eigenvalue weighted by Crippen LogP contribution is -2.32. The number of hydrogen-bond acceptors (Lipinski definition) is 6. The normalized spacial score (nSPS) is 16.5. The number of aliphatic hydroxyl groups is 1. The topological polar surface area (TPSA) is 105 Å². The Morgan fingerprint density at radius 2 is 1.74 bits per heavy atom. The molecule has 31 heavy (non-hydrogen) atoms. The number of amides is 1. The number of carbonyl (C=O) groups excluding carboxylic acids is 2. The third kappa shape index (κ3) is 3.39. The minimum Gasteiger partial charge on any atom is -0.503 e. The Balaban J connectivity index is 1.87. The quantitative estimate of drug-likeness (QED) is 0.629. The molecule has 1 aliphatic heterocycles. The van der Waals surface area contributed by atoms with E-state index in [1.165, 1.54) is 4.90 Å². The van der Waals surface area contributed by atoms with E-state index < -0.39 is 23.6 Å². The molecule has 0 spiro atoms. The molecule has 0 saturated heterocycles. The number of aromatic amines is 1. The van der Waals surface area contributed by atoms with Crippen molar-refractivity contribution in [3.8, 4) is 11.5 Å². The molecule has 0 radical (unpaired) electrons. The van der Waals surface area contributed by atoms with E-state index in [2.05, 4.69) is 9.97 Å². The molecule has 2 heterocycles. The number of hydrogen-bond donors (Lipinski definition) is 2. The van der Waals surface area contributed by atoms with Crippen LogP contribution in [0.4, 0.5) is 5.95 Å². The number of imidazole rings is 1. The van der Waals surface area contributed by atoms with Gasteiger partial charge in [0.25, 0.3) is 5.91 Å². The number of rotatable bonds is 6. The first-order valence-corrected chi connectivity index (χ1v) is 9.84. The van der Waals surface area contributed by atoms with Gasteiger partial charge in [-0.25, -0.2) is 4.98 Å². The average molecular weight is 421 g/mol. The standard InChI is InChI=1S/C23H23N3O5/c1-12(2)20(27)18-19(13-5-7-14(30-3)8-6-13)26(22(29)21(18)28)23-24-16-10-9-15(31-4)11-17(16)25-23/h5-12,19,28H,1-4H3,(H,24,25). The first-order valence-electron chi connectivity index (χ1n) is 9.84. The van der Waals surface area contributed by atoms with Gasteiger partial charge in [0.1, 0.15) is 11.5 Å². The first kappa shape index (κ1) is 20.5. The van der Waals surface area contributed by atoms with Crippen LogP contribution in [0.1, 0.15) is 25.5 Å². The number of methoxy groups -OCH3 is 2. The zero-order chi connectivity index (χ0) is 22.3. The molecule has 1 unspecified atom stereocenters. The summed E-state index contributed by atoms with van der Waals surface area (Å²) in [6, 6.07) is 11.5. The van der Waals surface area contributed by atoms with E-state index in [1.807, 2.05) is 0 Å². The third-order valence-electron chi connectivity index (χ3n) is 5.33. The number of ether oxygens (including phenoxy) is 2. The summed E-state index contributed by atoms with van der Waals surface area (Å²) in [6.45, 7) is 3.46. The summed E-state index contributed by atoms with van der Waals surface area (Å²) in [5.41, 5.74) is 2.00. The second-order valence-corrected chi connectivity index (χ2v) is 7.58. The van der Waals surface area contributed by atoms with Crippen LogP contribution in [0, 0.1) is 5.92 Å². The maximum Gasteiger partial charge on any atom is 0.296 e. The Hall–Kier alpha value is -3.81. The zero-order valence-electron chi connectivity index (χ0n) is 17.7. The van der Waals surface area contributed by atoms with E-state index in [0.717, 1.165) is 0 Å². The van der Waals surface area contributed by atoms with Crippen LogP contribution in [0.5, 0.6) is 11.5 Å². The van der Waals surface area contributed by atoms with Crippen molar-refractivity contribution in [3.63, 3.8) is 0 Å². The van der Waals surface area contributed by atoms with Gasteiger partial charge in [0, 0.05) is 12.0 Å². The number of aliphatic hydroxyl groups excluding tert-OH is 1. The number of nitrogens with one attached hydrogen (secondary N) is 1. The van der Waals surface area contributed by atoms with Crippen molar-refractivity contribution in [1.82, 2.24) is 9.97 Å². The van der Waals surface area contributed by atoms with Crippen molar-refractivity contribution in [2.24, 2.45) is 5.92 Å². The van der Waals surface area contributed by atoms with Crippen molar-refractivity contribution >= 4 is 28.7 Å². The number of benzene rings is 2. The molecule has 1 aliphatic rings. The monoisotopic (exact) mass is 421 g/mol. The first-order chi connectivity index (χ1) is 14.8.